The Kier molecular flexibility index (Phi) is 6.96. The molecule has 0 bridgehead atoms. The van der Waals surface area contributed by atoms with Gasteiger partial charge in [0.15, 0.2) is 0 Å². The number of aromatic nitrogens is 3. The van der Waals surface area contributed by atoms with Crippen molar-refractivity contribution in [2.75, 3.05) is 41.4 Å². The number of aliphatic hydroxyl groups is 1. The van der Waals surface area contributed by atoms with Gasteiger partial charge in [-0.25, -0.2) is 0 Å². The Morgan fingerprint density at radius 2 is 1.97 bits per heavy atom. The molecule has 2 aromatic rings. The number of benzene rings is 1. The van der Waals surface area contributed by atoms with Gasteiger partial charge in [0.2, 0.25) is 17.8 Å². The van der Waals surface area contributed by atoms with Crippen molar-refractivity contribution in [2.45, 2.75) is 45.5 Å². The number of nitrogens with one attached hydrogen (secondary N) is 1. The van der Waals surface area contributed by atoms with Gasteiger partial charge in [0.1, 0.15) is 0 Å². The summed E-state index contributed by atoms with van der Waals surface area (Å²) in [6.45, 7) is 6.30. The van der Waals surface area contributed by atoms with Crippen molar-refractivity contribution in [1.82, 2.24) is 15.0 Å². The van der Waals surface area contributed by atoms with Crippen LogP contribution in [0.1, 0.15) is 37.8 Å². The first-order valence-electron chi connectivity index (χ1n) is 10.1. The van der Waals surface area contributed by atoms with Crippen LogP contribution in [0.4, 0.5) is 31.0 Å². The zero-order valence-corrected chi connectivity index (χ0v) is 17.2. The fourth-order valence-electron chi connectivity index (χ4n) is 3.54. The third-order valence-corrected chi connectivity index (χ3v) is 5.21. The molecule has 1 aliphatic heterocycles. The summed E-state index contributed by atoms with van der Waals surface area (Å²) in [4.78, 5) is 17.5. The SMILES string of the molecule is CCN(CC)c1nc(NCc2cccc(C(F)(F)F)c2)nc(N2CCCC2CO)n1. The predicted molar refractivity (Wildman–Crippen MR) is 110 cm³/mol. The molecule has 1 fully saturated rings. The molecule has 0 saturated carbocycles. The summed E-state index contributed by atoms with van der Waals surface area (Å²) in [6, 6.07) is 5.12. The molecule has 0 amide bonds. The van der Waals surface area contributed by atoms with Crippen molar-refractivity contribution in [3.63, 3.8) is 0 Å². The summed E-state index contributed by atoms with van der Waals surface area (Å²) in [5.41, 5.74) is -0.213. The van der Waals surface area contributed by atoms with E-state index in [4.69, 9.17) is 0 Å². The molecular formula is C20H27F3N6O. The van der Waals surface area contributed by atoms with Crippen molar-refractivity contribution in [2.24, 2.45) is 0 Å². The van der Waals surface area contributed by atoms with Gasteiger partial charge < -0.3 is 20.2 Å². The fourth-order valence-corrected chi connectivity index (χ4v) is 3.54. The summed E-state index contributed by atoms with van der Waals surface area (Å²) in [5, 5.41) is 12.7. The van der Waals surface area contributed by atoms with Crippen molar-refractivity contribution >= 4 is 17.8 Å². The minimum absolute atomic E-state index is 0.0132. The second kappa shape index (κ2) is 9.46. The van der Waals surface area contributed by atoms with Gasteiger partial charge in [-0.05, 0) is 44.4 Å². The van der Waals surface area contributed by atoms with E-state index in [2.05, 4.69) is 20.3 Å². The summed E-state index contributed by atoms with van der Waals surface area (Å²) in [7, 11) is 0. The van der Waals surface area contributed by atoms with Crippen LogP contribution in [0, 0.1) is 0 Å². The minimum atomic E-state index is -4.39. The predicted octanol–water partition coefficient (Wildman–Crippen LogP) is 3.31. The number of rotatable bonds is 8. The Morgan fingerprint density at radius 3 is 2.63 bits per heavy atom. The Hall–Kier alpha value is -2.62. The van der Waals surface area contributed by atoms with Gasteiger partial charge in [-0.3, -0.25) is 0 Å². The molecule has 7 nitrogen and oxygen atoms in total. The molecule has 10 heteroatoms. The zero-order chi connectivity index (χ0) is 21.7. The van der Waals surface area contributed by atoms with Crippen LogP contribution in [0.25, 0.3) is 0 Å². The van der Waals surface area contributed by atoms with Crippen molar-refractivity contribution in [3.05, 3.63) is 35.4 Å². The highest BCUT2D eigenvalue weighted by Gasteiger charge is 2.30. The molecule has 1 aliphatic rings. The van der Waals surface area contributed by atoms with Gasteiger partial charge in [-0.2, -0.15) is 28.1 Å². The van der Waals surface area contributed by atoms with E-state index in [1.54, 1.807) is 6.07 Å². The summed E-state index contributed by atoms with van der Waals surface area (Å²) >= 11 is 0. The normalized spacial score (nSPS) is 16.7. The number of nitrogens with zero attached hydrogens (tertiary/aromatic N) is 5. The lowest BCUT2D eigenvalue weighted by Gasteiger charge is -2.25. The fraction of sp³-hybridized carbons (Fsp3) is 0.550. The lowest BCUT2D eigenvalue weighted by molar-refractivity contribution is -0.137. The molecule has 1 unspecified atom stereocenters. The summed E-state index contributed by atoms with van der Waals surface area (Å²) in [6.07, 6.45) is -2.60. The molecule has 0 radical (unpaired) electrons. The standard InChI is InChI=1S/C20H27F3N6O/c1-3-28(4-2)18-25-17(26-19(27-18)29-10-6-9-16(29)13-30)24-12-14-7-5-8-15(11-14)20(21,22)23/h5,7-8,11,16,30H,3-4,6,9-10,12-13H2,1-2H3,(H,24,25,26,27). The lowest BCUT2D eigenvalue weighted by Crippen LogP contribution is -2.34. The summed E-state index contributed by atoms with van der Waals surface area (Å²) < 4.78 is 38.9. The third-order valence-electron chi connectivity index (χ3n) is 5.21. The number of hydrogen-bond acceptors (Lipinski definition) is 7. The van der Waals surface area contributed by atoms with E-state index in [1.165, 1.54) is 6.07 Å². The molecule has 1 saturated heterocycles. The van der Waals surface area contributed by atoms with E-state index < -0.39 is 11.7 Å². The van der Waals surface area contributed by atoms with Crippen LogP contribution in [0.2, 0.25) is 0 Å². The highest BCUT2D eigenvalue weighted by molar-refractivity contribution is 5.47. The van der Waals surface area contributed by atoms with Gasteiger partial charge in [-0.1, -0.05) is 12.1 Å². The number of alkyl halides is 3. The van der Waals surface area contributed by atoms with Crippen LogP contribution in [-0.4, -0.2) is 52.3 Å². The molecule has 3 rings (SSSR count). The molecular weight excluding hydrogens is 397 g/mol. The highest BCUT2D eigenvalue weighted by atomic mass is 19.4. The van der Waals surface area contributed by atoms with Crippen LogP contribution >= 0.6 is 0 Å². The maximum absolute atomic E-state index is 13.0. The quantitative estimate of drug-likeness (QED) is 0.673. The Balaban J connectivity index is 1.86. The molecule has 1 aromatic carbocycles. The number of halogens is 3. The van der Waals surface area contributed by atoms with Crippen LogP contribution in [-0.2, 0) is 12.7 Å². The van der Waals surface area contributed by atoms with E-state index in [1.807, 2.05) is 23.6 Å². The summed E-state index contributed by atoms with van der Waals surface area (Å²) in [5.74, 6) is 1.26. The van der Waals surface area contributed by atoms with Crippen LogP contribution in [0.15, 0.2) is 24.3 Å². The average molecular weight is 424 g/mol. The maximum Gasteiger partial charge on any atom is 0.416 e. The molecule has 2 N–H and O–H groups in total. The van der Waals surface area contributed by atoms with E-state index in [0.717, 1.165) is 31.5 Å². The van der Waals surface area contributed by atoms with Crippen molar-refractivity contribution < 1.29 is 18.3 Å². The molecule has 164 valence electrons. The van der Waals surface area contributed by atoms with Gasteiger partial charge in [0.05, 0.1) is 18.2 Å². The van der Waals surface area contributed by atoms with Crippen LogP contribution in [0.5, 0.6) is 0 Å². The monoisotopic (exact) mass is 424 g/mol. The Morgan fingerprint density at radius 1 is 1.20 bits per heavy atom. The number of anilines is 3. The molecule has 0 spiro atoms. The molecule has 1 aromatic heterocycles. The topological polar surface area (TPSA) is 77.4 Å². The maximum atomic E-state index is 13.0. The van der Waals surface area contributed by atoms with Gasteiger partial charge >= 0.3 is 6.18 Å². The van der Waals surface area contributed by atoms with Crippen molar-refractivity contribution in [1.29, 1.82) is 0 Å². The van der Waals surface area contributed by atoms with E-state index >= 15 is 0 Å². The first-order valence-corrected chi connectivity index (χ1v) is 10.1. The smallest absolute Gasteiger partial charge is 0.394 e. The molecule has 1 atom stereocenters. The molecule has 30 heavy (non-hydrogen) atoms. The average Bonchev–Trinajstić information content (AvgIpc) is 3.22. The zero-order valence-electron chi connectivity index (χ0n) is 17.2. The third kappa shape index (κ3) is 5.10. The van der Waals surface area contributed by atoms with Crippen LogP contribution in [0.3, 0.4) is 0 Å². The van der Waals surface area contributed by atoms with E-state index in [9.17, 15) is 18.3 Å². The van der Waals surface area contributed by atoms with E-state index in [0.29, 0.717) is 36.5 Å². The van der Waals surface area contributed by atoms with Gasteiger partial charge in [0.25, 0.3) is 0 Å². The largest absolute Gasteiger partial charge is 0.416 e. The highest BCUT2D eigenvalue weighted by Crippen LogP contribution is 2.30. The number of aliphatic hydroxyl groups excluding tert-OH is 1. The number of hydrogen-bond donors (Lipinski definition) is 2. The first kappa shape index (κ1) is 22.1. The Labute approximate surface area is 174 Å². The lowest BCUT2D eigenvalue weighted by atomic mass is 10.1. The molecule has 0 aliphatic carbocycles. The van der Waals surface area contributed by atoms with Gasteiger partial charge in [0, 0.05) is 26.2 Å². The van der Waals surface area contributed by atoms with Crippen molar-refractivity contribution in [3.8, 4) is 0 Å². The molecule has 2 heterocycles. The minimum Gasteiger partial charge on any atom is -0.394 e. The van der Waals surface area contributed by atoms with Crippen LogP contribution < -0.4 is 15.1 Å². The van der Waals surface area contributed by atoms with E-state index in [-0.39, 0.29) is 19.2 Å². The second-order valence-corrected chi connectivity index (χ2v) is 7.16. The first-order chi connectivity index (χ1) is 14.4. The van der Waals surface area contributed by atoms with Gasteiger partial charge in [-0.15, -0.1) is 0 Å². The Bertz CT molecular complexity index is 844. The second-order valence-electron chi connectivity index (χ2n) is 7.16.